The van der Waals surface area contributed by atoms with Gasteiger partial charge in [-0.2, -0.15) is 17.5 Å². The summed E-state index contributed by atoms with van der Waals surface area (Å²) in [6.07, 6.45) is -4.44. The molecule has 0 bridgehead atoms. The smallest absolute Gasteiger partial charge is 0.340 e. The largest absolute Gasteiger partial charge is 0.416 e. The van der Waals surface area contributed by atoms with Crippen molar-refractivity contribution in [2.75, 3.05) is 20.6 Å². The molecule has 0 aliphatic rings. The Balaban J connectivity index is 2.04. The highest BCUT2D eigenvalue weighted by atomic mass is 32.2. The minimum Gasteiger partial charge on any atom is -0.340 e. The maximum absolute atomic E-state index is 12.6. The topological polar surface area (TPSA) is 74.8 Å². The van der Waals surface area contributed by atoms with E-state index in [0.29, 0.717) is 11.1 Å². The second-order valence-electron chi connectivity index (χ2n) is 6.79. The van der Waals surface area contributed by atoms with E-state index >= 15 is 0 Å². The molecule has 0 aromatic heterocycles. The van der Waals surface area contributed by atoms with Gasteiger partial charge >= 0.3 is 6.18 Å². The molecular formula is C20H21F3N2O4S. The van der Waals surface area contributed by atoms with Crippen LogP contribution in [0.2, 0.25) is 0 Å². The van der Waals surface area contributed by atoms with E-state index in [1.54, 1.807) is 0 Å². The average Bonchev–Trinajstić information content (AvgIpc) is 2.67. The van der Waals surface area contributed by atoms with Crippen LogP contribution in [0.3, 0.4) is 0 Å². The van der Waals surface area contributed by atoms with Crippen LogP contribution in [-0.4, -0.2) is 50.0 Å². The average molecular weight is 442 g/mol. The molecule has 0 saturated carbocycles. The Hall–Kier alpha value is -2.72. The van der Waals surface area contributed by atoms with Gasteiger partial charge in [0, 0.05) is 26.2 Å². The summed E-state index contributed by atoms with van der Waals surface area (Å²) in [5, 5.41) is 0. The normalized spacial score (nSPS) is 12.1. The van der Waals surface area contributed by atoms with Crippen molar-refractivity contribution in [2.45, 2.75) is 24.5 Å². The summed E-state index contributed by atoms with van der Waals surface area (Å²) in [5.74, 6) is -0.728. The quantitative estimate of drug-likeness (QED) is 0.618. The Morgan fingerprint density at radius 3 is 1.93 bits per heavy atom. The number of carbonyl (C=O) groups excluding carboxylic acids is 2. The number of nitrogens with zero attached hydrogens (tertiary/aromatic N) is 2. The molecule has 10 heteroatoms. The van der Waals surface area contributed by atoms with Gasteiger partial charge in [-0.3, -0.25) is 9.59 Å². The number of likely N-dealkylation sites (N-methyl/N-ethyl adjacent to an activating group) is 2. The van der Waals surface area contributed by atoms with Crippen LogP contribution in [0.15, 0.2) is 53.4 Å². The van der Waals surface area contributed by atoms with Crippen LogP contribution in [0.25, 0.3) is 0 Å². The second-order valence-corrected chi connectivity index (χ2v) is 8.83. The minimum atomic E-state index is -4.44. The predicted molar refractivity (Wildman–Crippen MR) is 104 cm³/mol. The van der Waals surface area contributed by atoms with E-state index in [-0.39, 0.29) is 17.2 Å². The highest BCUT2D eigenvalue weighted by molar-refractivity contribution is 7.89. The van der Waals surface area contributed by atoms with Crippen molar-refractivity contribution < 1.29 is 31.2 Å². The summed E-state index contributed by atoms with van der Waals surface area (Å²) in [6.45, 7) is 0.937. The van der Waals surface area contributed by atoms with E-state index in [1.807, 2.05) is 0 Å². The summed E-state index contributed by atoms with van der Waals surface area (Å²) in [4.78, 5) is 24.9. The van der Waals surface area contributed by atoms with Crippen LogP contribution in [0.1, 0.15) is 28.4 Å². The fourth-order valence-corrected chi connectivity index (χ4v) is 3.72. The van der Waals surface area contributed by atoms with Crippen LogP contribution < -0.4 is 0 Å². The summed E-state index contributed by atoms with van der Waals surface area (Å²) in [5.41, 5.74) is 0.0509. The van der Waals surface area contributed by atoms with Crippen molar-refractivity contribution >= 4 is 21.7 Å². The first-order chi connectivity index (χ1) is 13.8. The van der Waals surface area contributed by atoms with E-state index in [0.717, 1.165) is 16.4 Å². The Morgan fingerprint density at radius 1 is 0.933 bits per heavy atom. The molecule has 6 nitrogen and oxygen atoms in total. The molecule has 0 fully saturated rings. The molecule has 0 aliphatic heterocycles. The molecule has 0 aliphatic carbocycles. The molecule has 2 aromatic rings. The molecule has 0 unspecified atom stereocenters. The third kappa shape index (κ3) is 5.67. The molecule has 2 rings (SSSR count). The summed E-state index contributed by atoms with van der Waals surface area (Å²) in [7, 11) is -1.27. The Labute approximate surface area is 173 Å². The lowest BCUT2D eigenvalue weighted by Crippen LogP contribution is -2.39. The number of hydrogen-bond acceptors (Lipinski definition) is 4. The number of alkyl halides is 3. The number of rotatable bonds is 7. The van der Waals surface area contributed by atoms with Gasteiger partial charge in [-0.25, -0.2) is 8.42 Å². The zero-order valence-corrected chi connectivity index (χ0v) is 17.4. The molecule has 0 N–H and O–H groups in total. The van der Waals surface area contributed by atoms with Crippen molar-refractivity contribution in [3.63, 3.8) is 0 Å². The van der Waals surface area contributed by atoms with Gasteiger partial charge in [0.1, 0.15) is 0 Å². The number of amides is 1. The Bertz CT molecular complexity index is 1020. The van der Waals surface area contributed by atoms with Gasteiger partial charge in [0.15, 0.2) is 5.78 Å². The lowest BCUT2D eigenvalue weighted by atomic mass is 10.1. The molecule has 0 spiro atoms. The van der Waals surface area contributed by atoms with Crippen LogP contribution >= 0.6 is 0 Å². The van der Waals surface area contributed by atoms with E-state index in [2.05, 4.69) is 0 Å². The van der Waals surface area contributed by atoms with E-state index in [4.69, 9.17) is 0 Å². The number of halogens is 3. The van der Waals surface area contributed by atoms with Crippen LogP contribution in [0.5, 0.6) is 0 Å². The zero-order valence-electron chi connectivity index (χ0n) is 16.6. The van der Waals surface area contributed by atoms with Crippen LogP contribution in [0, 0.1) is 0 Å². The summed E-state index contributed by atoms with van der Waals surface area (Å²) >= 11 is 0. The first-order valence-electron chi connectivity index (χ1n) is 8.80. The standard InChI is InChI=1S/C20H21F3N2O4S/c1-14(26)16-6-10-18(11-7-16)30(28,29)25(3)13-19(27)24(2)12-15-4-8-17(9-5-15)20(21,22)23/h4-11H,12-13H2,1-3H3. The lowest BCUT2D eigenvalue weighted by molar-refractivity contribution is -0.137. The van der Waals surface area contributed by atoms with Gasteiger partial charge in [0.05, 0.1) is 17.0 Å². The van der Waals surface area contributed by atoms with Crippen molar-refractivity contribution in [3.05, 3.63) is 65.2 Å². The van der Waals surface area contributed by atoms with Gasteiger partial charge in [-0.05, 0) is 36.8 Å². The fraction of sp³-hybridized carbons (Fsp3) is 0.300. The molecule has 0 heterocycles. The number of benzene rings is 2. The first-order valence-corrected chi connectivity index (χ1v) is 10.2. The van der Waals surface area contributed by atoms with Gasteiger partial charge in [0.25, 0.3) is 0 Å². The van der Waals surface area contributed by atoms with Crippen molar-refractivity contribution in [1.29, 1.82) is 0 Å². The van der Waals surface area contributed by atoms with Crippen molar-refractivity contribution in [2.24, 2.45) is 0 Å². The fourth-order valence-electron chi connectivity index (χ4n) is 2.60. The number of ketones is 1. The summed E-state index contributed by atoms with van der Waals surface area (Å²) in [6, 6.07) is 9.75. The molecule has 162 valence electrons. The number of hydrogen-bond donors (Lipinski definition) is 0. The number of carbonyl (C=O) groups is 2. The van der Waals surface area contributed by atoms with Gasteiger partial charge < -0.3 is 4.90 Å². The number of Topliss-reactive ketones (excluding diaryl/α,β-unsaturated/α-hetero) is 1. The predicted octanol–water partition coefficient (Wildman–Crippen LogP) is 3.19. The van der Waals surface area contributed by atoms with Crippen LogP contribution in [-0.2, 0) is 27.5 Å². The zero-order chi connectivity index (χ0) is 22.7. The SMILES string of the molecule is CC(=O)c1ccc(S(=O)(=O)N(C)CC(=O)N(C)Cc2ccc(C(F)(F)F)cc2)cc1. The van der Waals surface area contributed by atoms with Gasteiger partial charge in [-0.15, -0.1) is 0 Å². The minimum absolute atomic E-state index is 0.0260. The Kier molecular flexibility index (Phi) is 7.04. The molecule has 0 radical (unpaired) electrons. The third-order valence-electron chi connectivity index (χ3n) is 4.45. The molecule has 0 saturated heterocycles. The molecule has 1 amide bonds. The lowest BCUT2D eigenvalue weighted by Gasteiger charge is -2.22. The van der Waals surface area contributed by atoms with E-state index in [9.17, 15) is 31.2 Å². The number of sulfonamides is 1. The highest BCUT2D eigenvalue weighted by Crippen LogP contribution is 2.29. The van der Waals surface area contributed by atoms with Gasteiger partial charge in [0.2, 0.25) is 15.9 Å². The maximum Gasteiger partial charge on any atom is 0.416 e. The Morgan fingerprint density at radius 2 is 1.47 bits per heavy atom. The van der Waals surface area contributed by atoms with Crippen LogP contribution in [0.4, 0.5) is 13.2 Å². The third-order valence-corrected chi connectivity index (χ3v) is 6.27. The monoisotopic (exact) mass is 442 g/mol. The molecule has 0 atom stereocenters. The second kappa shape index (κ2) is 8.97. The maximum atomic E-state index is 12.6. The van der Waals surface area contributed by atoms with Crippen molar-refractivity contribution in [1.82, 2.24) is 9.21 Å². The van der Waals surface area contributed by atoms with Gasteiger partial charge in [-0.1, -0.05) is 24.3 Å². The molecule has 30 heavy (non-hydrogen) atoms. The van der Waals surface area contributed by atoms with E-state index < -0.39 is 34.2 Å². The molecular weight excluding hydrogens is 421 g/mol. The molecule has 2 aromatic carbocycles. The first kappa shape index (κ1) is 23.6. The van der Waals surface area contributed by atoms with Crippen molar-refractivity contribution in [3.8, 4) is 0 Å². The van der Waals surface area contributed by atoms with E-state index in [1.165, 1.54) is 62.3 Å². The summed E-state index contributed by atoms with van der Waals surface area (Å²) < 4.78 is 64.0. The highest BCUT2D eigenvalue weighted by Gasteiger charge is 2.30.